The van der Waals surface area contributed by atoms with Crippen molar-refractivity contribution in [3.05, 3.63) is 66.0 Å². The molecule has 6 nitrogen and oxygen atoms in total. The lowest BCUT2D eigenvalue weighted by Crippen LogP contribution is -2.43. The predicted octanol–water partition coefficient (Wildman–Crippen LogP) is 2.43. The molecule has 27 heavy (non-hydrogen) atoms. The van der Waals surface area contributed by atoms with E-state index in [1.54, 1.807) is 30.3 Å². The van der Waals surface area contributed by atoms with Gasteiger partial charge >= 0.3 is 0 Å². The van der Waals surface area contributed by atoms with Gasteiger partial charge in [-0.15, -0.1) is 0 Å². The van der Waals surface area contributed by atoms with Gasteiger partial charge in [0.1, 0.15) is 5.82 Å². The average Bonchev–Trinajstić information content (AvgIpc) is 2.67. The maximum absolute atomic E-state index is 13.8. The molecule has 2 aromatic rings. The van der Waals surface area contributed by atoms with Crippen LogP contribution in [0.25, 0.3) is 0 Å². The molecule has 0 aliphatic heterocycles. The van der Waals surface area contributed by atoms with E-state index in [2.05, 4.69) is 10.6 Å². The van der Waals surface area contributed by atoms with E-state index >= 15 is 0 Å². The van der Waals surface area contributed by atoms with Crippen LogP contribution in [-0.2, 0) is 9.59 Å². The number of hydrogen-bond donors (Lipinski definition) is 2. The Bertz CT molecular complexity index is 796. The number of nitrogens with zero attached hydrogens (tertiary/aromatic N) is 1. The van der Waals surface area contributed by atoms with Crippen LogP contribution in [0.15, 0.2) is 54.6 Å². The molecule has 2 N–H and O–H groups in total. The number of amides is 3. The average molecular weight is 371 g/mol. The fourth-order valence-corrected chi connectivity index (χ4v) is 2.46. The zero-order valence-electron chi connectivity index (χ0n) is 15.1. The van der Waals surface area contributed by atoms with Crippen LogP contribution in [0.1, 0.15) is 23.7 Å². The molecule has 0 saturated carbocycles. The number of nitrogens with one attached hydrogen (secondary N) is 2. The summed E-state index contributed by atoms with van der Waals surface area (Å²) in [6.45, 7) is 1.69. The molecule has 0 radical (unpaired) electrons. The van der Waals surface area contributed by atoms with Gasteiger partial charge in [0, 0.05) is 12.2 Å². The molecule has 0 saturated heterocycles. The Hall–Kier alpha value is -3.22. The zero-order valence-corrected chi connectivity index (χ0v) is 15.1. The Morgan fingerprint density at radius 3 is 2.30 bits per heavy atom. The van der Waals surface area contributed by atoms with E-state index in [-0.39, 0.29) is 24.6 Å². The van der Waals surface area contributed by atoms with Gasteiger partial charge in [-0.05, 0) is 30.7 Å². The highest BCUT2D eigenvalue weighted by Gasteiger charge is 2.21. The number of rotatable bonds is 8. The van der Waals surface area contributed by atoms with Crippen molar-refractivity contribution in [2.24, 2.45) is 0 Å². The summed E-state index contributed by atoms with van der Waals surface area (Å²) in [5.74, 6) is -2.06. The van der Waals surface area contributed by atoms with E-state index < -0.39 is 17.6 Å². The summed E-state index contributed by atoms with van der Waals surface area (Å²) in [5, 5.41) is 5.12. The third-order valence-electron chi connectivity index (χ3n) is 3.72. The minimum atomic E-state index is -0.633. The van der Waals surface area contributed by atoms with E-state index in [4.69, 9.17) is 0 Å². The van der Waals surface area contributed by atoms with Crippen LogP contribution in [0.2, 0.25) is 0 Å². The van der Waals surface area contributed by atoms with E-state index in [9.17, 15) is 18.8 Å². The van der Waals surface area contributed by atoms with Gasteiger partial charge in [-0.25, -0.2) is 4.39 Å². The van der Waals surface area contributed by atoms with Crippen molar-refractivity contribution < 1.29 is 18.8 Å². The maximum Gasteiger partial charge on any atom is 0.257 e. The molecule has 3 amide bonds. The summed E-state index contributed by atoms with van der Waals surface area (Å²) < 4.78 is 13.8. The van der Waals surface area contributed by atoms with Gasteiger partial charge in [0.05, 0.1) is 18.7 Å². The number of para-hydroxylation sites is 1. The molecule has 0 aromatic heterocycles. The Kier molecular flexibility index (Phi) is 7.49. The number of carbonyl (C=O) groups is 3. The largest absolute Gasteiger partial charge is 0.345 e. The Labute approximate surface area is 157 Å². The first-order valence-corrected chi connectivity index (χ1v) is 8.66. The summed E-state index contributed by atoms with van der Waals surface area (Å²) in [7, 11) is 0. The molecule has 0 spiro atoms. The zero-order chi connectivity index (χ0) is 19.6. The molecule has 0 fully saturated rings. The van der Waals surface area contributed by atoms with Crippen LogP contribution in [0.5, 0.6) is 0 Å². The van der Waals surface area contributed by atoms with Crippen molar-refractivity contribution in [1.82, 2.24) is 10.2 Å². The second-order valence-corrected chi connectivity index (χ2v) is 5.90. The topological polar surface area (TPSA) is 78.5 Å². The molecule has 0 aliphatic rings. The van der Waals surface area contributed by atoms with E-state index in [1.165, 1.54) is 23.1 Å². The number of carbonyl (C=O) groups excluding carboxylic acids is 3. The first-order chi connectivity index (χ1) is 13.0. The fraction of sp³-hybridized carbons (Fsp3) is 0.250. The van der Waals surface area contributed by atoms with Crippen molar-refractivity contribution in [3.63, 3.8) is 0 Å². The molecule has 2 aromatic carbocycles. The SMILES string of the molecule is CCCN(CC(=O)NCC(=O)Nc1ccccc1)C(=O)c1ccccc1F. The molecule has 7 heteroatoms. The minimum Gasteiger partial charge on any atom is -0.345 e. The summed E-state index contributed by atoms with van der Waals surface area (Å²) in [6.07, 6.45) is 0.613. The quantitative estimate of drug-likeness (QED) is 0.748. The monoisotopic (exact) mass is 371 g/mol. The maximum atomic E-state index is 13.8. The third-order valence-corrected chi connectivity index (χ3v) is 3.72. The van der Waals surface area contributed by atoms with Gasteiger partial charge in [0.25, 0.3) is 5.91 Å². The second kappa shape index (κ2) is 10.1. The minimum absolute atomic E-state index is 0.0828. The number of anilines is 1. The molecule has 0 atom stereocenters. The summed E-state index contributed by atoms with van der Waals surface area (Å²) in [5.41, 5.74) is 0.541. The number of halogens is 1. The van der Waals surface area contributed by atoms with E-state index in [1.807, 2.05) is 13.0 Å². The van der Waals surface area contributed by atoms with Crippen LogP contribution >= 0.6 is 0 Å². The molecule has 0 aliphatic carbocycles. The number of benzene rings is 2. The molecular formula is C20H22FN3O3. The van der Waals surface area contributed by atoms with Crippen molar-refractivity contribution in [3.8, 4) is 0 Å². The van der Waals surface area contributed by atoms with E-state index in [0.717, 1.165) is 0 Å². The standard InChI is InChI=1S/C20H22FN3O3/c1-2-12-24(20(27)16-10-6-7-11-17(16)21)14-19(26)22-13-18(25)23-15-8-4-3-5-9-15/h3-11H,2,12-14H2,1H3,(H,22,26)(H,23,25). The second-order valence-electron chi connectivity index (χ2n) is 5.90. The normalized spacial score (nSPS) is 10.1. The molecular weight excluding hydrogens is 349 g/mol. The molecule has 142 valence electrons. The lowest BCUT2D eigenvalue weighted by molar-refractivity contribution is -0.124. The smallest absolute Gasteiger partial charge is 0.257 e. The highest BCUT2D eigenvalue weighted by molar-refractivity contribution is 5.98. The van der Waals surface area contributed by atoms with Crippen LogP contribution in [-0.4, -0.2) is 42.3 Å². The van der Waals surface area contributed by atoms with Gasteiger partial charge in [-0.2, -0.15) is 0 Å². The van der Waals surface area contributed by atoms with Gasteiger partial charge in [0.2, 0.25) is 11.8 Å². The highest BCUT2D eigenvalue weighted by Crippen LogP contribution is 2.10. The Morgan fingerprint density at radius 2 is 1.63 bits per heavy atom. The predicted molar refractivity (Wildman–Crippen MR) is 101 cm³/mol. The van der Waals surface area contributed by atoms with Crippen LogP contribution < -0.4 is 10.6 Å². The van der Waals surface area contributed by atoms with Gasteiger partial charge < -0.3 is 15.5 Å². The summed E-state index contributed by atoms with van der Waals surface area (Å²) in [4.78, 5) is 37.8. The molecule has 0 heterocycles. The van der Waals surface area contributed by atoms with Crippen molar-refractivity contribution in [2.45, 2.75) is 13.3 Å². The lowest BCUT2D eigenvalue weighted by atomic mass is 10.2. The lowest BCUT2D eigenvalue weighted by Gasteiger charge is -2.22. The van der Waals surface area contributed by atoms with Gasteiger partial charge in [-0.3, -0.25) is 14.4 Å². The van der Waals surface area contributed by atoms with Crippen LogP contribution in [0, 0.1) is 5.82 Å². The van der Waals surface area contributed by atoms with Crippen molar-refractivity contribution >= 4 is 23.4 Å². The summed E-state index contributed by atoms with van der Waals surface area (Å²) >= 11 is 0. The third kappa shape index (κ3) is 6.22. The van der Waals surface area contributed by atoms with Crippen molar-refractivity contribution in [2.75, 3.05) is 25.0 Å². The number of hydrogen-bond acceptors (Lipinski definition) is 3. The van der Waals surface area contributed by atoms with Gasteiger partial charge in [-0.1, -0.05) is 37.3 Å². The van der Waals surface area contributed by atoms with E-state index in [0.29, 0.717) is 18.7 Å². The first-order valence-electron chi connectivity index (χ1n) is 8.66. The fourth-order valence-electron chi connectivity index (χ4n) is 2.46. The van der Waals surface area contributed by atoms with Crippen LogP contribution in [0.4, 0.5) is 10.1 Å². The first kappa shape index (κ1) is 20.1. The highest BCUT2D eigenvalue weighted by atomic mass is 19.1. The Balaban J connectivity index is 1.90. The molecule has 0 bridgehead atoms. The van der Waals surface area contributed by atoms with Crippen molar-refractivity contribution in [1.29, 1.82) is 0 Å². The van der Waals surface area contributed by atoms with Gasteiger partial charge in [0.15, 0.2) is 0 Å². The molecule has 0 unspecified atom stereocenters. The summed E-state index contributed by atoms with van der Waals surface area (Å²) in [6, 6.07) is 14.5. The Morgan fingerprint density at radius 1 is 0.963 bits per heavy atom. The van der Waals surface area contributed by atoms with Crippen LogP contribution in [0.3, 0.4) is 0 Å². The molecule has 2 rings (SSSR count).